The zero-order valence-electron chi connectivity index (χ0n) is 11.1. The monoisotopic (exact) mass is 253 g/mol. The van der Waals surface area contributed by atoms with Gasteiger partial charge in [0.15, 0.2) is 0 Å². The molecule has 6 nitrogen and oxygen atoms in total. The first-order valence-electron chi connectivity index (χ1n) is 5.82. The fourth-order valence-electron chi connectivity index (χ4n) is 1.80. The second-order valence-electron chi connectivity index (χ2n) is 4.50. The Balaban J connectivity index is 3.07. The van der Waals surface area contributed by atoms with E-state index >= 15 is 0 Å². The van der Waals surface area contributed by atoms with Gasteiger partial charge in [0.25, 0.3) is 0 Å². The third kappa shape index (κ3) is 2.52. The van der Waals surface area contributed by atoms with Gasteiger partial charge >= 0.3 is 5.97 Å². The van der Waals surface area contributed by atoms with E-state index in [9.17, 15) is 14.7 Å². The second kappa shape index (κ2) is 5.20. The standard InChI is InChI=1S/C12H19N3O3/c1-5-8-6-9(15(4)14-8)7-12(2,11(17)18)10(16)13-3/h6H,5,7H2,1-4H3,(H,13,16)(H,17,18). The molecule has 0 fully saturated rings. The van der Waals surface area contributed by atoms with Gasteiger partial charge in [0.1, 0.15) is 5.41 Å². The van der Waals surface area contributed by atoms with E-state index in [2.05, 4.69) is 10.4 Å². The normalized spacial score (nSPS) is 14.0. The first-order chi connectivity index (χ1) is 8.35. The smallest absolute Gasteiger partial charge is 0.319 e. The third-order valence-corrected chi connectivity index (χ3v) is 3.12. The van der Waals surface area contributed by atoms with Crippen LogP contribution in [-0.4, -0.2) is 33.8 Å². The molecule has 0 aromatic carbocycles. The number of carbonyl (C=O) groups excluding carboxylic acids is 1. The summed E-state index contributed by atoms with van der Waals surface area (Å²) in [6, 6.07) is 1.84. The fourth-order valence-corrected chi connectivity index (χ4v) is 1.80. The molecule has 1 heterocycles. The van der Waals surface area contributed by atoms with E-state index in [1.165, 1.54) is 14.0 Å². The van der Waals surface area contributed by atoms with Crippen molar-refractivity contribution in [1.82, 2.24) is 15.1 Å². The van der Waals surface area contributed by atoms with Crippen LogP contribution in [0.15, 0.2) is 6.07 Å². The van der Waals surface area contributed by atoms with Crippen LogP contribution >= 0.6 is 0 Å². The molecule has 0 aliphatic rings. The maximum absolute atomic E-state index is 11.7. The quantitative estimate of drug-likeness (QED) is 0.742. The molecule has 0 aliphatic carbocycles. The highest BCUT2D eigenvalue weighted by atomic mass is 16.4. The van der Waals surface area contributed by atoms with Gasteiger partial charge in [0.2, 0.25) is 5.91 Å². The molecule has 0 saturated heterocycles. The summed E-state index contributed by atoms with van der Waals surface area (Å²) in [5.74, 6) is -1.64. The molecule has 1 rings (SSSR count). The maximum atomic E-state index is 11.7. The number of carboxylic acid groups (broad SMARTS) is 1. The van der Waals surface area contributed by atoms with Gasteiger partial charge in [-0.05, 0) is 19.4 Å². The van der Waals surface area contributed by atoms with Crippen LogP contribution < -0.4 is 5.32 Å². The summed E-state index contributed by atoms with van der Waals surface area (Å²) in [5, 5.41) is 15.9. The highest BCUT2D eigenvalue weighted by Gasteiger charge is 2.41. The van der Waals surface area contributed by atoms with E-state index in [0.717, 1.165) is 17.8 Å². The van der Waals surface area contributed by atoms with E-state index in [1.807, 2.05) is 13.0 Å². The van der Waals surface area contributed by atoms with Gasteiger partial charge in [-0.1, -0.05) is 6.92 Å². The van der Waals surface area contributed by atoms with Crippen LogP contribution in [0, 0.1) is 5.41 Å². The molecule has 1 aromatic heterocycles. The van der Waals surface area contributed by atoms with Gasteiger partial charge in [0.05, 0.1) is 5.69 Å². The molecule has 1 aromatic rings. The number of aliphatic carboxylic acids is 1. The minimum absolute atomic E-state index is 0.117. The Hall–Kier alpha value is -1.85. The lowest BCUT2D eigenvalue weighted by atomic mass is 9.84. The Morgan fingerprint density at radius 3 is 2.56 bits per heavy atom. The van der Waals surface area contributed by atoms with Gasteiger partial charge in [-0.15, -0.1) is 0 Å². The van der Waals surface area contributed by atoms with Crippen molar-refractivity contribution in [1.29, 1.82) is 0 Å². The Morgan fingerprint density at radius 1 is 1.56 bits per heavy atom. The van der Waals surface area contributed by atoms with Crippen molar-refractivity contribution in [3.63, 3.8) is 0 Å². The molecular formula is C12H19N3O3. The number of amides is 1. The summed E-state index contributed by atoms with van der Waals surface area (Å²) in [7, 11) is 3.19. The predicted molar refractivity (Wildman–Crippen MR) is 66.1 cm³/mol. The van der Waals surface area contributed by atoms with Gasteiger partial charge in [0, 0.05) is 26.2 Å². The molecule has 0 saturated carbocycles. The number of nitrogens with zero attached hydrogens (tertiary/aromatic N) is 2. The SMILES string of the molecule is CCc1cc(CC(C)(C(=O)O)C(=O)NC)n(C)n1. The van der Waals surface area contributed by atoms with Crippen LogP contribution in [0.4, 0.5) is 0 Å². The van der Waals surface area contributed by atoms with E-state index in [-0.39, 0.29) is 6.42 Å². The van der Waals surface area contributed by atoms with E-state index in [4.69, 9.17) is 0 Å². The highest BCUT2D eigenvalue weighted by Crippen LogP contribution is 2.23. The number of carbonyl (C=O) groups is 2. The Kier molecular flexibility index (Phi) is 4.11. The highest BCUT2D eigenvalue weighted by molar-refractivity contribution is 6.01. The largest absolute Gasteiger partial charge is 0.480 e. The molecule has 0 aliphatic heterocycles. The molecule has 0 spiro atoms. The predicted octanol–water partition coefficient (Wildman–Crippen LogP) is 0.362. The number of hydrogen-bond acceptors (Lipinski definition) is 3. The number of nitrogens with one attached hydrogen (secondary N) is 1. The van der Waals surface area contributed by atoms with Crippen molar-refractivity contribution in [2.75, 3.05) is 7.05 Å². The Bertz CT molecular complexity index is 467. The van der Waals surface area contributed by atoms with Crippen molar-refractivity contribution in [3.8, 4) is 0 Å². The van der Waals surface area contributed by atoms with Gasteiger partial charge in [-0.2, -0.15) is 5.10 Å². The summed E-state index contributed by atoms with van der Waals surface area (Å²) in [5.41, 5.74) is 0.144. The van der Waals surface area contributed by atoms with Crippen LogP contribution in [-0.2, 0) is 29.5 Å². The molecule has 100 valence electrons. The van der Waals surface area contributed by atoms with Crippen LogP contribution in [0.2, 0.25) is 0 Å². The van der Waals surface area contributed by atoms with Crippen LogP contribution in [0.1, 0.15) is 25.2 Å². The van der Waals surface area contributed by atoms with E-state index in [1.54, 1.807) is 11.7 Å². The molecule has 1 amide bonds. The summed E-state index contributed by atoms with van der Waals surface area (Å²) < 4.78 is 1.63. The zero-order valence-corrected chi connectivity index (χ0v) is 11.1. The summed E-state index contributed by atoms with van der Waals surface area (Å²) in [6.07, 6.45) is 0.892. The van der Waals surface area contributed by atoms with Crippen molar-refractivity contribution in [2.45, 2.75) is 26.7 Å². The van der Waals surface area contributed by atoms with Crippen LogP contribution in [0.25, 0.3) is 0 Å². The summed E-state index contributed by atoms with van der Waals surface area (Å²) in [6.45, 7) is 3.40. The number of carboxylic acids is 1. The molecule has 18 heavy (non-hydrogen) atoms. The van der Waals surface area contributed by atoms with E-state index in [0.29, 0.717) is 0 Å². The van der Waals surface area contributed by atoms with Crippen molar-refractivity contribution in [2.24, 2.45) is 12.5 Å². The lowest BCUT2D eigenvalue weighted by Crippen LogP contribution is -2.45. The topological polar surface area (TPSA) is 84.2 Å². The fraction of sp³-hybridized carbons (Fsp3) is 0.583. The lowest BCUT2D eigenvalue weighted by molar-refractivity contribution is -0.154. The van der Waals surface area contributed by atoms with Crippen molar-refractivity contribution in [3.05, 3.63) is 17.5 Å². The first kappa shape index (κ1) is 14.2. The molecule has 0 bridgehead atoms. The van der Waals surface area contributed by atoms with Gasteiger partial charge < -0.3 is 10.4 Å². The average Bonchev–Trinajstić information content (AvgIpc) is 2.68. The molecule has 0 radical (unpaired) electrons. The molecule has 1 unspecified atom stereocenters. The number of hydrogen-bond donors (Lipinski definition) is 2. The summed E-state index contributed by atoms with van der Waals surface area (Å²) >= 11 is 0. The third-order valence-electron chi connectivity index (χ3n) is 3.12. The first-order valence-corrected chi connectivity index (χ1v) is 5.82. The van der Waals surface area contributed by atoms with Crippen LogP contribution in [0.3, 0.4) is 0 Å². The van der Waals surface area contributed by atoms with Crippen molar-refractivity contribution >= 4 is 11.9 Å². The van der Waals surface area contributed by atoms with E-state index < -0.39 is 17.3 Å². The Labute approximate surface area is 106 Å². The Morgan fingerprint density at radius 2 is 2.17 bits per heavy atom. The minimum Gasteiger partial charge on any atom is -0.480 e. The lowest BCUT2D eigenvalue weighted by Gasteiger charge is -2.22. The minimum atomic E-state index is -1.48. The molecule has 6 heteroatoms. The van der Waals surface area contributed by atoms with Crippen molar-refractivity contribution < 1.29 is 14.7 Å². The number of aromatic nitrogens is 2. The molecule has 2 N–H and O–H groups in total. The maximum Gasteiger partial charge on any atom is 0.319 e. The van der Waals surface area contributed by atoms with Gasteiger partial charge in [-0.3, -0.25) is 14.3 Å². The van der Waals surface area contributed by atoms with Gasteiger partial charge in [-0.25, -0.2) is 0 Å². The number of rotatable bonds is 5. The summed E-state index contributed by atoms with van der Waals surface area (Å²) in [4.78, 5) is 23.1. The number of aryl methyl sites for hydroxylation is 2. The molecular weight excluding hydrogens is 234 g/mol. The second-order valence-corrected chi connectivity index (χ2v) is 4.50. The van der Waals surface area contributed by atoms with Crippen LogP contribution in [0.5, 0.6) is 0 Å². The zero-order chi connectivity index (χ0) is 13.9. The average molecular weight is 253 g/mol. The molecule has 1 atom stereocenters.